The molecular weight excluding hydrogens is 368 g/mol. The van der Waals surface area contributed by atoms with Crippen LogP contribution in [0.15, 0.2) is 68.7 Å². The summed E-state index contributed by atoms with van der Waals surface area (Å²) in [5, 5.41) is 2.99. The minimum Gasteiger partial charge on any atom is -0.451 e. The van der Waals surface area contributed by atoms with E-state index in [1.165, 1.54) is 20.2 Å². The Morgan fingerprint density at radius 1 is 1.07 bits per heavy atom. The zero-order valence-corrected chi connectivity index (χ0v) is 15.6. The van der Waals surface area contributed by atoms with Crippen molar-refractivity contribution in [2.45, 2.75) is 11.4 Å². The van der Waals surface area contributed by atoms with Gasteiger partial charge in [0, 0.05) is 26.7 Å². The molecule has 0 aliphatic rings. The van der Waals surface area contributed by atoms with Crippen LogP contribution in [0.3, 0.4) is 0 Å². The summed E-state index contributed by atoms with van der Waals surface area (Å²) in [7, 11) is -0.769. The van der Waals surface area contributed by atoms with E-state index in [1.54, 1.807) is 42.5 Å². The number of carbonyl (C=O) groups is 1. The Kier molecular flexibility index (Phi) is 5.11. The standard InChI is InChI=1S/C19H18N2O5S/c1-21(2)27(24,25)18-10-6-3-7-13(18)12-20-19(23)17-11-15(22)14-8-4-5-9-16(14)26-17/h3-11H,12H2,1-2H3,(H,20,23). The molecule has 1 amide bonds. The second-order valence-corrected chi connectivity index (χ2v) is 8.17. The Morgan fingerprint density at radius 2 is 1.74 bits per heavy atom. The summed E-state index contributed by atoms with van der Waals surface area (Å²) in [6, 6.07) is 14.2. The monoisotopic (exact) mass is 386 g/mol. The number of nitrogens with one attached hydrogen (secondary N) is 1. The van der Waals surface area contributed by atoms with E-state index in [0.29, 0.717) is 16.5 Å². The quantitative estimate of drug-likeness (QED) is 0.723. The molecule has 8 heteroatoms. The molecule has 0 atom stereocenters. The van der Waals surface area contributed by atoms with Crippen LogP contribution in [0.25, 0.3) is 11.0 Å². The van der Waals surface area contributed by atoms with Gasteiger partial charge in [-0.05, 0) is 23.8 Å². The molecule has 0 radical (unpaired) electrons. The van der Waals surface area contributed by atoms with Crippen molar-refractivity contribution < 1.29 is 17.6 Å². The largest absolute Gasteiger partial charge is 0.451 e. The SMILES string of the molecule is CN(C)S(=O)(=O)c1ccccc1CNC(=O)c1cc(=O)c2ccccc2o1. The topological polar surface area (TPSA) is 96.7 Å². The van der Waals surface area contributed by atoms with Crippen molar-refractivity contribution in [2.24, 2.45) is 0 Å². The minimum absolute atomic E-state index is 0.0292. The van der Waals surface area contributed by atoms with Gasteiger partial charge < -0.3 is 9.73 Å². The first-order valence-corrected chi connectivity index (χ1v) is 9.56. The number of hydrogen-bond donors (Lipinski definition) is 1. The highest BCUT2D eigenvalue weighted by Gasteiger charge is 2.21. The molecule has 27 heavy (non-hydrogen) atoms. The summed E-state index contributed by atoms with van der Waals surface area (Å²) >= 11 is 0. The maximum absolute atomic E-state index is 12.4. The first-order valence-electron chi connectivity index (χ1n) is 8.12. The van der Waals surface area contributed by atoms with Gasteiger partial charge in [-0.15, -0.1) is 0 Å². The van der Waals surface area contributed by atoms with E-state index in [9.17, 15) is 18.0 Å². The lowest BCUT2D eigenvalue weighted by Gasteiger charge is -2.15. The van der Waals surface area contributed by atoms with Crippen LogP contribution in [-0.2, 0) is 16.6 Å². The lowest BCUT2D eigenvalue weighted by atomic mass is 10.2. The number of para-hydroxylation sites is 1. The third-order valence-electron chi connectivity index (χ3n) is 4.03. The van der Waals surface area contributed by atoms with Crippen LogP contribution in [-0.4, -0.2) is 32.7 Å². The Labute approximate surface area is 156 Å². The molecule has 2 aromatic carbocycles. The Morgan fingerprint density at radius 3 is 2.48 bits per heavy atom. The van der Waals surface area contributed by atoms with Crippen molar-refractivity contribution in [1.29, 1.82) is 0 Å². The molecular formula is C19H18N2O5S. The molecule has 3 rings (SSSR count). The summed E-state index contributed by atoms with van der Waals surface area (Å²) in [4.78, 5) is 24.6. The van der Waals surface area contributed by atoms with E-state index in [4.69, 9.17) is 4.42 Å². The number of rotatable bonds is 5. The average Bonchev–Trinajstić information content (AvgIpc) is 2.66. The van der Waals surface area contributed by atoms with Gasteiger partial charge in [0.1, 0.15) is 5.58 Å². The first-order chi connectivity index (χ1) is 12.8. The third kappa shape index (κ3) is 3.76. The molecule has 1 N–H and O–H groups in total. The van der Waals surface area contributed by atoms with Gasteiger partial charge in [0.2, 0.25) is 10.0 Å². The lowest BCUT2D eigenvalue weighted by molar-refractivity contribution is 0.0923. The fourth-order valence-corrected chi connectivity index (χ4v) is 3.69. The molecule has 1 heterocycles. The number of carbonyl (C=O) groups excluding carboxylic acids is 1. The van der Waals surface area contributed by atoms with Crippen molar-refractivity contribution in [3.8, 4) is 0 Å². The Bertz CT molecular complexity index is 1170. The van der Waals surface area contributed by atoms with Crippen LogP contribution in [0.5, 0.6) is 0 Å². The van der Waals surface area contributed by atoms with E-state index in [-0.39, 0.29) is 22.6 Å². The molecule has 0 aliphatic carbocycles. The molecule has 3 aromatic rings. The van der Waals surface area contributed by atoms with Crippen molar-refractivity contribution in [2.75, 3.05) is 14.1 Å². The zero-order valence-electron chi connectivity index (χ0n) is 14.8. The van der Waals surface area contributed by atoms with Gasteiger partial charge >= 0.3 is 0 Å². The molecule has 7 nitrogen and oxygen atoms in total. The molecule has 140 valence electrons. The minimum atomic E-state index is -3.65. The van der Waals surface area contributed by atoms with E-state index in [0.717, 1.165) is 10.4 Å². The Hall–Kier alpha value is -2.97. The zero-order chi connectivity index (χ0) is 19.6. The second-order valence-electron chi connectivity index (χ2n) is 6.05. The highest BCUT2D eigenvalue weighted by molar-refractivity contribution is 7.89. The number of fused-ring (bicyclic) bond motifs is 1. The molecule has 0 saturated carbocycles. The number of sulfonamides is 1. The second kappa shape index (κ2) is 7.34. The lowest BCUT2D eigenvalue weighted by Crippen LogP contribution is -2.27. The number of nitrogens with zero attached hydrogens (tertiary/aromatic N) is 1. The number of amides is 1. The van der Waals surface area contributed by atoms with E-state index in [2.05, 4.69) is 5.32 Å². The predicted octanol–water partition coefficient (Wildman–Crippen LogP) is 1.97. The molecule has 0 unspecified atom stereocenters. The van der Waals surface area contributed by atoms with E-state index >= 15 is 0 Å². The number of benzene rings is 2. The molecule has 0 fully saturated rings. The summed E-state index contributed by atoms with van der Waals surface area (Å²) < 4.78 is 31.4. The first kappa shape index (κ1) is 18.8. The van der Waals surface area contributed by atoms with Crippen molar-refractivity contribution >= 4 is 26.9 Å². The average molecular weight is 386 g/mol. The van der Waals surface area contributed by atoms with E-state index in [1.807, 2.05) is 0 Å². The van der Waals surface area contributed by atoms with Gasteiger partial charge in [-0.1, -0.05) is 30.3 Å². The highest BCUT2D eigenvalue weighted by atomic mass is 32.2. The van der Waals surface area contributed by atoms with Crippen LogP contribution < -0.4 is 10.7 Å². The molecule has 0 aliphatic heterocycles. The van der Waals surface area contributed by atoms with E-state index < -0.39 is 15.9 Å². The summed E-state index contributed by atoms with van der Waals surface area (Å²) in [5.41, 5.74) is 0.422. The van der Waals surface area contributed by atoms with Crippen molar-refractivity contribution in [3.63, 3.8) is 0 Å². The summed E-state index contributed by atoms with van der Waals surface area (Å²) in [5.74, 6) is -0.735. The van der Waals surface area contributed by atoms with Gasteiger partial charge in [0.15, 0.2) is 11.2 Å². The molecule has 0 saturated heterocycles. The normalized spacial score (nSPS) is 11.7. The van der Waals surface area contributed by atoms with Gasteiger partial charge in [0.25, 0.3) is 5.91 Å². The summed E-state index contributed by atoms with van der Waals surface area (Å²) in [6.45, 7) is -0.0292. The van der Waals surface area contributed by atoms with Crippen LogP contribution in [0.2, 0.25) is 0 Å². The van der Waals surface area contributed by atoms with Crippen LogP contribution >= 0.6 is 0 Å². The maximum atomic E-state index is 12.4. The van der Waals surface area contributed by atoms with Crippen LogP contribution in [0.4, 0.5) is 0 Å². The highest BCUT2D eigenvalue weighted by Crippen LogP contribution is 2.18. The molecule has 0 spiro atoms. The summed E-state index contributed by atoms with van der Waals surface area (Å²) in [6.07, 6.45) is 0. The van der Waals surface area contributed by atoms with Gasteiger partial charge in [-0.2, -0.15) is 0 Å². The fraction of sp³-hybridized carbons (Fsp3) is 0.158. The molecule has 1 aromatic heterocycles. The smallest absolute Gasteiger partial charge is 0.287 e. The third-order valence-corrected chi connectivity index (χ3v) is 5.94. The Balaban J connectivity index is 1.86. The van der Waals surface area contributed by atoms with Gasteiger partial charge in [0.05, 0.1) is 10.3 Å². The van der Waals surface area contributed by atoms with Gasteiger partial charge in [-0.25, -0.2) is 12.7 Å². The molecule has 0 bridgehead atoms. The van der Waals surface area contributed by atoms with Gasteiger partial charge in [-0.3, -0.25) is 9.59 Å². The van der Waals surface area contributed by atoms with Crippen molar-refractivity contribution in [1.82, 2.24) is 9.62 Å². The van der Waals surface area contributed by atoms with Crippen LogP contribution in [0.1, 0.15) is 16.1 Å². The van der Waals surface area contributed by atoms with Crippen LogP contribution in [0, 0.1) is 0 Å². The number of hydrogen-bond acceptors (Lipinski definition) is 5. The predicted molar refractivity (Wildman–Crippen MR) is 101 cm³/mol. The fourth-order valence-electron chi connectivity index (χ4n) is 2.58. The van der Waals surface area contributed by atoms with Crippen molar-refractivity contribution in [3.05, 3.63) is 76.1 Å². The maximum Gasteiger partial charge on any atom is 0.287 e.